The first-order chi connectivity index (χ1) is 17.2. The minimum absolute atomic E-state index is 0.133. The van der Waals surface area contributed by atoms with E-state index in [9.17, 15) is 18.4 Å². The van der Waals surface area contributed by atoms with Crippen LogP contribution in [0, 0.1) is 11.6 Å². The van der Waals surface area contributed by atoms with E-state index in [1.807, 2.05) is 0 Å². The summed E-state index contributed by atoms with van der Waals surface area (Å²) in [6, 6.07) is 2.49. The number of thiophene rings is 1. The highest BCUT2D eigenvalue weighted by Crippen LogP contribution is 2.35. The minimum atomic E-state index is -1.08. The largest absolute Gasteiger partial charge is 0.493 e. The van der Waals surface area contributed by atoms with Crippen molar-refractivity contribution in [3.8, 4) is 11.5 Å². The average molecular weight is 516 g/mol. The summed E-state index contributed by atoms with van der Waals surface area (Å²) < 4.78 is 41.1. The molecular weight excluding hydrogens is 496 g/mol. The van der Waals surface area contributed by atoms with Crippen molar-refractivity contribution in [1.29, 1.82) is 0 Å². The van der Waals surface area contributed by atoms with Gasteiger partial charge in [0.1, 0.15) is 11.4 Å². The van der Waals surface area contributed by atoms with Crippen molar-refractivity contribution in [2.75, 3.05) is 30.2 Å². The maximum atomic E-state index is 14.6. The molecule has 3 N–H and O–H groups in total. The van der Waals surface area contributed by atoms with E-state index in [0.717, 1.165) is 23.5 Å². The van der Waals surface area contributed by atoms with E-state index in [1.165, 1.54) is 31.2 Å². The fourth-order valence-corrected chi connectivity index (χ4v) is 4.01. The van der Waals surface area contributed by atoms with Gasteiger partial charge in [-0.05, 0) is 12.1 Å². The van der Waals surface area contributed by atoms with Crippen molar-refractivity contribution >= 4 is 56.5 Å². The normalized spacial score (nSPS) is 10.7. The van der Waals surface area contributed by atoms with Crippen LogP contribution in [0.1, 0.15) is 9.67 Å². The van der Waals surface area contributed by atoms with E-state index in [4.69, 9.17) is 9.47 Å². The number of rotatable bonds is 8. The van der Waals surface area contributed by atoms with Crippen molar-refractivity contribution in [3.63, 3.8) is 0 Å². The number of methoxy groups -OCH3 is 2. The summed E-state index contributed by atoms with van der Waals surface area (Å²) in [5.74, 6) is -3.48. The first-order valence-electron chi connectivity index (χ1n) is 10.2. The number of hydrogen-bond donors (Lipinski definition) is 3. The van der Waals surface area contributed by atoms with Gasteiger partial charge >= 0.3 is 0 Å². The Hall–Kier alpha value is -4.59. The molecule has 0 atom stereocenters. The zero-order chi connectivity index (χ0) is 26.0. The fourth-order valence-electron chi connectivity index (χ4n) is 3.14. The van der Waals surface area contributed by atoms with Gasteiger partial charge in [0.15, 0.2) is 29.0 Å². The molecule has 0 bridgehead atoms. The molecule has 0 saturated carbocycles. The van der Waals surface area contributed by atoms with Gasteiger partial charge in [0.25, 0.3) is 5.91 Å². The van der Waals surface area contributed by atoms with Crippen molar-refractivity contribution in [2.45, 2.75) is 0 Å². The van der Waals surface area contributed by atoms with Gasteiger partial charge in [0.2, 0.25) is 11.9 Å². The number of anilines is 4. The summed E-state index contributed by atoms with van der Waals surface area (Å²) in [5, 5.41) is 12.0. The molecule has 4 aromatic rings. The molecule has 0 fully saturated rings. The molecular formula is C22H19F2N7O4S. The van der Waals surface area contributed by atoms with Crippen LogP contribution in [0.4, 0.5) is 31.9 Å². The standard InChI is InChI=1S/C22H19F2N7O4S/c1-5-16(32)26-11-9-31(2)30-20(11)29-22-25-8-15-10(27-22)6-14(36-15)21(33)28-19-17(23)12(34-3)7-13(35-4)18(19)24/h5-9H,1H2,2-4H3,(H,26,32)(H,28,33)(H,25,27,29,30). The van der Waals surface area contributed by atoms with Gasteiger partial charge in [-0.2, -0.15) is 5.10 Å². The lowest BCUT2D eigenvalue weighted by atomic mass is 10.2. The van der Waals surface area contributed by atoms with Crippen molar-refractivity contribution in [3.05, 3.63) is 53.7 Å². The van der Waals surface area contributed by atoms with Gasteiger partial charge in [-0.25, -0.2) is 18.7 Å². The Morgan fingerprint density at radius 3 is 2.47 bits per heavy atom. The molecule has 36 heavy (non-hydrogen) atoms. The summed E-state index contributed by atoms with van der Waals surface area (Å²) in [5.41, 5.74) is 0.0834. The van der Waals surface area contributed by atoms with E-state index in [0.29, 0.717) is 15.9 Å². The lowest BCUT2D eigenvalue weighted by Crippen LogP contribution is -2.14. The second-order valence-corrected chi connectivity index (χ2v) is 8.26. The number of halogens is 2. The van der Waals surface area contributed by atoms with E-state index in [1.54, 1.807) is 13.2 Å². The molecule has 0 aliphatic heterocycles. The van der Waals surface area contributed by atoms with E-state index in [-0.39, 0.29) is 28.1 Å². The molecule has 186 valence electrons. The van der Waals surface area contributed by atoms with Crippen LogP contribution in [0.2, 0.25) is 0 Å². The topological polar surface area (TPSA) is 132 Å². The van der Waals surface area contributed by atoms with E-state index in [2.05, 4.69) is 37.6 Å². The number of benzene rings is 1. The Kier molecular flexibility index (Phi) is 6.78. The van der Waals surface area contributed by atoms with Gasteiger partial charge < -0.3 is 25.4 Å². The summed E-state index contributed by atoms with van der Waals surface area (Å²) in [6.07, 6.45) is 4.19. The third-order valence-corrected chi connectivity index (χ3v) is 5.87. The molecule has 2 amide bonds. The van der Waals surface area contributed by atoms with Crippen LogP contribution in [0.25, 0.3) is 10.2 Å². The molecule has 3 aromatic heterocycles. The molecule has 3 heterocycles. The smallest absolute Gasteiger partial charge is 0.265 e. The monoisotopic (exact) mass is 515 g/mol. The van der Waals surface area contributed by atoms with Crippen LogP contribution in [-0.4, -0.2) is 45.8 Å². The number of hydrogen-bond acceptors (Lipinski definition) is 9. The molecule has 14 heteroatoms. The lowest BCUT2D eigenvalue weighted by Gasteiger charge is -2.12. The summed E-state index contributed by atoms with van der Waals surface area (Å²) in [7, 11) is 4.09. The number of nitrogens with one attached hydrogen (secondary N) is 3. The Labute approximate surface area is 206 Å². The number of carbonyl (C=O) groups excluding carboxylic acids is 2. The predicted molar refractivity (Wildman–Crippen MR) is 130 cm³/mol. The molecule has 0 aliphatic rings. The number of nitrogens with zero attached hydrogens (tertiary/aromatic N) is 4. The van der Waals surface area contributed by atoms with Crippen molar-refractivity contribution < 1.29 is 27.8 Å². The Morgan fingerprint density at radius 2 is 1.83 bits per heavy atom. The van der Waals surface area contributed by atoms with Crippen LogP contribution in [-0.2, 0) is 11.8 Å². The molecule has 4 rings (SSSR count). The van der Waals surface area contributed by atoms with Crippen molar-refractivity contribution in [2.24, 2.45) is 7.05 Å². The first kappa shape index (κ1) is 24.5. The van der Waals surface area contributed by atoms with E-state index < -0.39 is 29.1 Å². The zero-order valence-corrected chi connectivity index (χ0v) is 20.0. The van der Waals surface area contributed by atoms with Gasteiger partial charge in [0, 0.05) is 13.1 Å². The van der Waals surface area contributed by atoms with Crippen LogP contribution in [0.3, 0.4) is 0 Å². The summed E-state index contributed by atoms with van der Waals surface area (Å²) >= 11 is 1.03. The molecule has 1 aromatic carbocycles. The maximum Gasteiger partial charge on any atom is 0.265 e. The van der Waals surface area contributed by atoms with Gasteiger partial charge in [-0.1, -0.05) is 6.58 Å². The highest BCUT2D eigenvalue weighted by Gasteiger charge is 2.23. The van der Waals surface area contributed by atoms with Gasteiger partial charge in [0.05, 0.1) is 41.7 Å². The number of aromatic nitrogens is 4. The second kappa shape index (κ2) is 9.95. The molecule has 0 saturated heterocycles. The van der Waals surface area contributed by atoms with Crippen LogP contribution >= 0.6 is 11.3 Å². The van der Waals surface area contributed by atoms with Crippen LogP contribution < -0.4 is 25.4 Å². The lowest BCUT2D eigenvalue weighted by molar-refractivity contribution is -0.111. The molecule has 0 radical (unpaired) electrons. The maximum absolute atomic E-state index is 14.6. The third kappa shape index (κ3) is 4.79. The third-order valence-electron chi connectivity index (χ3n) is 4.81. The molecule has 11 nitrogen and oxygen atoms in total. The quantitative estimate of drug-likeness (QED) is 0.302. The predicted octanol–water partition coefficient (Wildman–Crippen LogP) is 3.84. The number of aryl methyl sites for hydroxylation is 1. The average Bonchev–Trinajstić information content (AvgIpc) is 3.44. The van der Waals surface area contributed by atoms with Crippen molar-refractivity contribution in [1.82, 2.24) is 19.7 Å². The Morgan fingerprint density at radius 1 is 1.14 bits per heavy atom. The minimum Gasteiger partial charge on any atom is -0.493 e. The Bertz CT molecular complexity index is 1470. The summed E-state index contributed by atoms with van der Waals surface area (Å²) in [4.78, 5) is 33.2. The van der Waals surface area contributed by atoms with Gasteiger partial charge in [-0.15, -0.1) is 11.3 Å². The SMILES string of the molecule is C=CC(=O)Nc1cn(C)nc1Nc1ncc2sc(C(=O)Nc3c(F)c(OC)cc(OC)c3F)cc2n1. The number of amides is 2. The highest BCUT2D eigenvalue weighted by molar-refractivity contribution is 7.20. The highest BCUT2D eigenvalue weighted by atomic mass is 32.1. The fraction of sp³-hybridized carbons (Fsp3) is 0.136. The first-order valence-corrected chi connectivity index (χ1v) is 11.0. The number of ether oxygens (including phenoxy) is 2. The van der Waals surface area contributed by atoms with E-state index >= 15 is 0 Å². The molecule has 0 unspecified atom stereocenters. The number of fused-ring (bicyclic) bond motifs is 1. The summed E-state index contributed by atoms with van der Waals surface area (Å²) in [6.45, 7) is 3.41. The molecule has 0 spiro atoms. The van der Waals surface area contributed by atoms with Crippen LogP contribution in [0.5, 0.6) is 11.5 Å². The van der Waals surface area contributed by atoms with Crippen LogP contribution in [0.15, 0.2) is 37.2 Å². The number of carbonyl (C=O) groups is 2. The van der Waals surface area contributed by atoms with Gasteiger partial charge in [-0.3, -0.25) is 14.3 Å². The second-order valence-electron chi connectivity index (χ2n) is 7.18. The molecule has 0 aliphatic carbocycles. The Balaban J connectivity index is 1.59. The zero-order valence-electron chi connectivity index (χ0n) is 19.2.